The largest absolute Gasteiger partial charge is 0.399 e. The average Bonchev–Trinajstić information content (AvgIpc) is 2.14. The number of nitrogens with zero attached hydrogens (tertiary/aromatic N) is 1. The molecule has 0 atom stereocenters. The van der Waals surface area contributed by atoms with Crippen LogP contribution in [0.3, 0.4) is 0 Å². The maximum absolute atomic E-state index is 10.6. The van der Waals surface area contributed by atoms with Gasteiger partial charge in [-0.05, 0) is 18.2 Å². The molecule has 0 aliphatic rings. The molecule has 0 unspecified atom stereocenters. The summed E-state index contributed by atoms with van der Waals surface area (Å²) < 4.78 is 0. The number of nitro benzene ring substituents is 1. The first-order valence-corrected chi connectivity index (χ1v) is 4.02. The van der Waals surface area contributed by atoms with Gasteiger partial charge in [-0.1, -0.05) is 0 Å². The van der Waals surface area contributed by atoms with Gasteiger partial charge >= 0.3 is 0 Å². The summed E-state index contributed by atoms with van der Waals surface area (Å²) in [5, 5.41) is 10.6. The Balaban J connectivity index is 3.18. The topological polar surface area (TPSA) is 112 Å². The van der Waals surface area contributed by atoms with Gasteiger partial charge in [0.1, 0.15) is 0 Å². The molecule has 0 saturated heterocycles. The molecular weight excluding hydrogens is 198 g/mol. The molecule has 0 fully saturated rings. The third-order valence-electron chi connectivity index (χ3n) is 1.68. The standard InChI is InChI=1S/C9H9N3O3/c10-7-2-3-8(12(14)15)6(5-7)1-4-9(11)13/h1-5H,10H2,(H2,11,13). The van der Waals surface area contributed by atoms with Crippen molar-refractivity contribution in [1.29, 1.82) is 0 Å². The smallest absolute Gasteiger partial charge is 0.276 e. The third kappa shape index (κ3) is 2.80. The highest BCUT2D eigenvalue weighted by Crippen LogP contribution is 2.22. The Bertz CT molecular complexity index is 440. The van der Waals surface area contributed by atoms with Crippen molar-refractivity contribution >= 4 is 23.4 Å². The lowest BCUT2D eigenvalue weighted by atomic mass is 10.1. The SMILES string of the molecule is NC(=O)C=Cc1cc(N)ccc1[N+](=O)[O-]. The molecule has 0 radical (unpaired) electrons. The fourth-order valence-corrected chi connectivity index (χ4v) is 1.04. The summed E-state index contributed by atoms with van der Waals surface area (Å²) in [5.74, 6) is -0.674. The monoisotopic (exact) mass is 207 g/mol. The number of hydrogen-bond donors (Lipinski definition) is 2. The molecule has 0 aromatic heterocycles. The van der Waals surface area contributed by atoms with E-state index in [1.165, 1.54) is 24.3 Å². The summed E-state index contributed by atoms with van der Waals surface area (Å²) in [4.78, 5) is 20.5. The molecule has 6 heteroatoms. The van der Waals surface area contributed by atoms with Crippen LogP contribution in [-0.2, 0) is 4.79 Å². The van der Waals surface area contributed by atoms with Gasteiger partial charge in [0, 0.05) is 17.8 Å². The molecular formula is C9H9N3O3. The van der Waals surface area contributed by atoms with Crippen LogP contribution in [0.15, 0.2) is 24.3 Å². The number of nitrogen functional groups attached to an aromatic ring is 1. The van der Waals surface area contributed by atoms with Gasteiger partial charge in [0.2, 0.25) is 5.91 Å². The lowest BCUT2D eigenvalue weighted by molar-refractivity contribution is -0.385. The number of nitro groups is 1. The maximum atomic E-state index is 10.6. The van der Waals surface area contributed by atoms with E-state index in [-0.39, 0.29) is 11.3 Å². The van der Waals surface area contributed by atoms with E-state index in [0.29, 0.717) is 5.69 Å². The van der Waals surface area contributed by atoms with Gasteiger partial charge in [0.15, 0.2) is 0 Å². The molecule has 0 saturated carbocycles. The number of anilines is 1. The third-order valence-corrected chi connectivity index (χ3v) is 1.68. The Morgan fingerprint density at radius 3 is 2.67 bits per heavy atom. The molecule has 6 nitrogen and oxygen atoms in total. The van der Waals surface area contributed by atoms with Crippen molar-refractivity contribution in [2.75, 3.05) is 5.73 Å². The molecule has 78 valence electrons. The van der Waals surface area contributed by atoms with Crippen LogP contribution in [0.2, 0.25) is 0 Å². The first-order chi connectivity index (χ1) is 7.00. The van der Waals surface area contributed by atoms with Crippen LogP contribution >= 0.6 is 0 Å². The molecule has 0 aliphatic heterocycles. The second kappa shape index (κ2) is 4.23. The highest BCUT2D eigenvalue weighted by atomic mass is 16.6. The molecule has 0 aliphatic carbocycles. The summed E-state index contributed by atoms with van der Waals surface area (Å²) in [5.41, 5.74) is 10.8. The van der Waals surface area contributed by atoms with Crippen LogP contribution < -0.4 is 11.5 Å². The van der Waals surface area contributed by atoms with Crippen LogP contribution in [0, 0.1) is 10.1 Å². The highest BCUT2D eigenvalue weighted by molar-refractivity contribution is 5.91. The molecule has 1 aromatic carbocycles. The average molecular weight is 207 g/mol. The van der Waals surface area contributed by atoms with E-state index in [2.05, 4.69) is 0 Å². The Kier molecular flexibility index (Phi) is 3.02. The van der Waals surface area contributed by atoms with Crippen molar-refractivity contribution in [3.05, 3.63) is 40.0 Å². The van der Waals surface area contributed by atoms with Gasteiger partial charge < -0.3 is 11.5 Å². The first kappa shape index (κ1) is 10.7. The Morgan fingerprint density at radius 2 is 2.13 bits per heavy atom. The zero-order chi connectivity index (χ0) is 11.4. The van der Waals surface area contributed by atoms with E-state index in [9.17, 15) is 14.9 Å². The molecule has 4 N–H and O–H groups in total. The first-order valence-electron chi connectivity index (χ1n) is 4.02. The molecule has 0 spiro atoms. The number of carbonyl (C=O) groups is 1. The van der Waals surface area contributed by atoms with Crippen LogP contribution in [0.1, 0.15) is 5.56 Å². The van der Waals surface area contributed by atoms with E-state index >= 15 is 0 Å². The van der Waals surface area contributed by atoms with Crippen molar-refractivity contribution in [3.8, 4) is 0 Å². The van der Waals surface area contributed by atoms with Gasteiger partial charge in [0.25, 0.3) is 5.69 Å². The minimum absolute atomic E-state index is 0.123. The zero-order valence-electron chi connectivity index (χ0n) is 7.71. The minimum atomic E-state index is -0.674. The normalized spacial score (nSPS) is 10.4. The second-order valence-electron chi connectivity index (χ2n) is 2.81. The lowest BCUT2D eigenvalue weighted by Crippen LogP contribution is -2.05. The van der Waals surface area contributed by atoms with Crippen molar-refractivity contribution < 1.29 is 9.72 Å². The molecule has 15 heavy (non-hydrogen) atoms. The van der Waals surface area contributed by atoms with Crippen molar-refractivity contribution in [2.24, 2.45) is 5.73 Å². The van der Waals surface area contributed by atoms with E-state index in [1.54, 1.807) is 0 Å². The number of amides is 1. The van der Waals surface area contributed by atoms with E-state index in [1.807, 2.05) is 0 Å². The molecule has 0 bridgehead atoms. The highest BCUT2D eigenvalue weighted by Gasteiger charge is 2.10. The zero-order valence-corrected chi connectivity index (χ0v) is 7.71. The van der Waals surface area contributed by atoms with E-state index in [0.717, 1.165) is 6.08 Å². The van der Waals surface area contributed by atoms with Gasteiger partial charge in [0.05, 0.1) is 10.5 Å². The predicted molar refractivity (Wildman–Crippen MR) is 55.7 cm³/mol. The minimum Gasteiger partial charge on any atom is -0.399 e. The van der Waals surface area contributed by atoms with Crippen molar-refractivity contribution in [1.82, 2.24) is 0 Å². The summed E-state index contributed by atoms with van der Waals surface area (Å²) >= 11 is 0. The van der Waals surface area contributed by atoms with Gasteiger partial charge in [-0.25, -0.2) is 0 Å². The van der Waals surface area contributed by atoms with E-state index < -0.39 is 10.8 Å². The van der Waals surface area contributed by atoms with Gasteiger partial charge in [-0.3, -0.25) is 14.9 Å². The molecule has 1 amide bonds. The summed E-state index contributed by atoms with van der Waals surface area (Å²) in [7, 11) is 0. The number of nitrogens with two attached hydrogens (primary N) is 2. The van der Waals surface area contributed by atoms with Crippen molar-refractivity contribution in [2.45, 2.75) is 0 Å². The summed E-state index contributed by atoms with van der Waals surface area (Å²) in [6, 6.07) is 4.09. The quantitative estimate of drug-likeness (QED) is 0.328. The molecule has 1 aromatic rings. The number of hydrogen-bond acceptors (Lipinski definition) is 4. The van der Waals surface area contributed by atoms with E-state index in [4.69, 9.17) is 11.5 Å². The Morgan fingerprint density at radius 1 is 1.47 bits per heavy atom. The summed E-state index contributed by atoms with van der Waals surface area (Å²) in [6.45, 7) is 0. The van der Waals surface area contributed by atoms with Crippen molar-refractivity contribution in [3.63, 3.8) is 0 Å². The fourth-order valence-electron chi connectivity index (χ4n) is 1.04. The number of rotatable bonds is 3. The lowest BCUT2D eigenvalue weighted by Gasteiger charge is -1.98. The Labute approximate surface area is 85.3 Å². The van der Waals surface area contributed by atoms with Crippen LogP contribution in [0.4, 0.5) is 11.4 Å². The van der Waals surface area contributed by atoms with Crippen LogP contribution in [0.25, 0.3) is 6.08 Å². The van der Waals surface area contributed by atoms with Gasteiger partial charge in [-0.15, -0.1) is 0 Å². The summed E-state index contributed by atoms with van der Waals surface area (Å²) in [6.07, 6.45) is 2.30. The number of benzene rings is 1. The van der Waals surface area contributed by atoms with Crippen LogP contribution in [0.5, 0.6) is 0 Å². The van der Waals surface area contributed by atoms with Gasteiger partial charge in [-0.2, -0.15) is 0 Å². The predicted octanol–water partition coefficient (Wildman–Crippen LogP) is 0.675. The molecule has 0 heterocycles. The number of carbonyl (C=O) groups excluding carboxylic acids is 1. The number of primary amides is 1. The maximum Gasteiger partial charge on any atom is 0.276 e. The fraction of sp³-hybridized carbons (Fsp3) is 0. The second-order valence-corrected chi connectivity index (χ2v) is 2.81. The Hall–Kier alpha value is -2.37. The molecule has 1 rings (SSSR count). The van der Waals surface area contributed by atoms with Crippen LogP contribution in [-0.4, -0.2) is 10.8 Å².